The van der Waals surface area contributed by atoms with Crippen molar-refractivity contribution in [2.75, 3.05) is 0 Å². The second kappa shape index (κ2) is 8.35. The van der Waals surface area contributed by atoms with Crippen molar-refractivity contribution in [3.8, 4) is 11.3 Å². The minimum Gasteiger partial charge on any atom is -0.455 e. The molecule has 0 saturated heterocycles. The molecule has 0 spiro atoms. The molecule has 0 aliphatic rings. The van der Waals surface area contributed by atoms with Gasteiger partial charge >= 0.3 is 0 Å². The molecule has 5 nitrogen and oxygen atoms in total. The summed E-state index contributed by atoms with van der Waals surface area (Å²) >= 11 is 9.34. The molecule has 0 aliphatic carbocycles. The predicted octanol–water partition coefficient (Wildman–Crippen LogP) is 5.91. The number of nitrogens with zero attached hydrogens (tertiary/aromatic N) is 3. The zero-order valence-corrected chi connectivity index (χ0v) is 17.9. The maximum Gasteiger partial charge on any atom is 0.282 e. The molecule has 0 N–H and O–H groups in total. The van der Waals surface area contributed by atoms with Crippen LogP contribution in [0.15, 0.2) is 73.4 Å². The largest absolute Gasteiger partial charge is 0.455 e. The third-order valence-electron chi connectivity index (χ3n) is 4.40. The molecule has 0 saturated carbocycles. The Morgan fingerprint density at radius 2 is 1.97 bits per heavy atom. The van der Waals surface area contributed by atoms with Gasteiger partial charge in [-0.1, -0.05) is 34.5 Å². The summed E-state index contributed by atoms with van der Waals surface area (Å²) in [6.45, 7) is 2.04. The monoisotopic (exact) mass is 469 g/mol. The molecular weight excluding hydrogens is 454 g/mol. The standard InChI is InChI=1S/C22H17BrClN3O2/c1-2-3-21-26-19-10-6-15(23)12-18(19)22(28)27(21)25-13-17-9-11-20(29-17)14-4-7-16(24)8-5-14/h4-13H,2-3H2,1H3. The number of furan rings is 1. The lowest BCUT2D eigenvalue weighted by Crippen LogP contribution is -2.22. The minimum atomic E-state index is -0.208. The van der Waals surface area contributed by atoms with E-state index < -0.39 is 0 Å². The van der Waals surface area contributed by atoms with Crippen LogP contribution in [-0.4, -0.2) is 15.9 Å². The first kappa shape index (κ1) is 19.6. The number of rotatable bonds is 5. The molecule has 0 atom stereocenters. The van der Waals surface area contributed by atoms with Crippen LogP contribution in [-0.2, 0) is 6.42 Å². The highest BCUT2D eigenvalue weighted by atomic mass is 79.9. The highest BCUT2D eigenvalue weighted by molar-refractivity contribution is 9.10. The van der Waals surface area contributed by atoms with E-state index in [4.69, 9.17) is 16.0 Å². The summed E-state index contributed by atoms with van der Waals surface area (Å²) in [5.41, 5.74) is 1.37. The third-order valence-corrected chi connectivity index (χ3v) is 5.15. The Bertz CT molecular complexity index is 1260. The molecule has 146 valence electrons. The fourth-order valence-corrected chi connectivity index (χ4v) is 3.49. The molecule has 0 aliphatic heterocycles. The highest BCUT2D eigenvalue weighted by Gasteiger charge is 2.11. The topological polar surface area (TPSA) is 60.4 Å². The van der Waals surface area contributed by atoms with E-state index in [-0.39, 0.29) is 5.56 Å². The fraction of sp³-hybridized carbons (Fsp3) is 0.136. The molecule has 0 amide bonds. The summed E-state index contributed by atoms with van der Waals surface area (Å²) in [7, 11) is 0. The third kappa shape index (κ3) is 4.18. The predicted molar refractivity (Wildman–Crippen MR) is 120 cm³/mol. The zero-order valence-electron chi connectivity index (χ0n) is 15.6. The number of aromatic nitrogens is 2. The molecule has 0 bridgehead atoms. The first-order valence-corrected chi connectivity index (χ1v) is 10.3. The van der Waals surface area contributed by atoms with Crippen molar-refractivity contribution in [3.05, 3.63) is 86.0 Å². The lowest BCUT2D eigenvalue weighted by atomic mass is 10.2. The number of benzene rings is 2. The summed E-state index contributed by atoms with van der Waals surface area (Å²) in [5.74, 6) is 1.86. The molecule has 4 aromatic rings. The highest BCUT2D eigenvalue weighted by Crippen LogP contribution is 2.23. The number of fused-ring (bicyclic) bond motifs is 1. The number of hydrogen-bond acceptors (Lipinski definition) is 4. The van der Waals surface area contributed by atoms with Crippen molar-refractivity contribution in [1.29, 1.82) is 0 Å². The van der Waals surface area contributed by atoms with Gasteiger partial charge in [0.15, 0.2) is 0 Å². The van der Waals surface area contributed by atoms with Crippen molar-refractivity contribution in [2.24, 2.45) is 5.10 Å². The lowest BCUT2D eigenvalue weighted by Gasteiger charge is -2.08. The molecule has 7 heteroatoms. The molecule has 29 heavy (non-hydrogen) atoms. The summed E-state index contributed by atoms with van der Waals surface area (Å²) in [6.07, 6.45) is 3.03. The van der Waals surface area contributed by atoms with Gasteiger partial charge < -0.3 is 4.42 Å². The van der Waals surface area contributed by atoms with E-state index in [9.17, 15) is 4.79 Å². The number of halogens is 2. The van der Waals surface area contributed by atoms with E-state index >= 15 is 0 Å². The average molecular weight is 471 g/mol. The van der Waals surface area contributed by atoms with E-state index in [1.807, 2.05) is 55.5 Å². The van der Waals surface area contributed by atoms with Gasteiger partial charge in [0.05, 0.1) is 17.1 Å². The van der Waals surface area contributed by atoms with Gasteiger partial charge in [0.2, 0.25) is 0 Å². The van der Waals surface area contributed by atoms with Crippen LogP contribution in [0.4, 0.5) is 0 Å². The van der Waals surface area contributed by atoms with Crippen molar-refractivity contribution in [3.63, 3.8) is 0 Å². The molecule has 0 radical (unpaired) electrons. The second-order valence-electron chi connectivity index (χ2n) is 6.51. The van der Waals surface area contributed by atoms with Crippen molar-refractivity contribution in [2.45, 2.75) is 19.8 Å². The van der Waals surface area contributed by atoms with Gasteiger partial charge in [0.25, 0.3) is 5.56 Å². The Morgan fingerprint density at radius 1 is 1.17 bits per heavy atom. The molecule has 2 heterocycles. The quantitative estimate of drug-likeness (QED) is 0.341. The van der Waals surface area contributed by atoms with Gasteiger partial charge in [-0.25, -0.2) is 4.98 Å². The van der Waals surface area contributed by atoms with Crippen molar-refractivity contribution in [1.82, 2.24) is 9.66 Å². The minimum absolute atomic E-state index is 0.208. The Labute approximate surface area is 180 Å². The second-order valence-corrected chi connectivity index (χ2v) is 7.86. The molecule has 0 unspecified atom stereocenters. The van der Waals surface area contributed by atoms with Crippen LogP contribution in [0, 0.1) is 0 Å². The first-order valence-electron chi connectivity index (χ1n) is 9.16. The Kier molecular flexibility index (Phi) is 5.65. The summed E-state index contributed by atoms with van der Waals surface area (Å²) in [6, 6.07) is 16.5. The van der Waals surface area contributed by atoms with Crippen LogP contribution >= 0.6 is 27.5 Å². The average Bonchev–Trinajstić information content (AvgIpc) is 3.18. The van der Waals surface area contributed by atoms with Gasteiger partial charge in [0, 0.05) is 21.5 Å². The maximum absolute atomic E-state index is 13.0. The van der Waals surface area contributed by atoms with Gasteiger partial charge in [-0.2, -0.15) is 9.78 Å². The van der Waals surface area contributed by atoms with E-state index in [1.54, 1.807) is 6.07 Å². The maximum atomic E-state index is 13.0. The van der Waals surface area contributed by atoms with E-state index in [1.165, 1.54) is 10.9 Å². The fourth-order valence-electron chi connectivity index (χ4n) is 3.01. The summed E-state index contributed by atoms with van der Waals surface area (Å²) < 4.78 is 8.01. The van der Waals surface area contributed by atoms with Gasteiger partial charge in [-0.3, -0.25) is 4.79 Å². The molecule has 0 fully saturated rings. The van der Waals surface area contributed by atoms with Crippen molar-refractivity contribution < 1.29 is 4.42 Å². The molecule has 2 aromatic carbocycles. The van der Waals surface area contributed by atoms with E-state index in [0.717, 1.165) is 16.5 Å². The van der Waals surface area contributed by atoms with E-state index in [2.05, 4.69) is 26.0 Å². The van der Waals surface area contributed by atoms with Crippen LogP contribution in [0.5, 0.6) is 0 Å². The Hall–Kier alpha value is -2.70. The Morgan fingerprint density at radius 3 is 2.72 bits per heavy atom. The van der Waals surface area contributed by atoms with Crippen molar-refractivity contribution >= 4 is 44.6 Å². The van der Waals surface area contributed by atoms with Crippen LogP contribution in [0.2, 0.25) is 5.02 Å². The zero-order chi connectivity index (χ0) is 20.4. The summed E-state index contributed by atoms with van der Waals surface area (Å²) in [4.78, 5) is 17.6. The number of aryl methyl sites for hydroxylation is 1. The van der Waals surface area contributed by atoms with Gasteiger partial charge in [-0.05, 0) is 61.0 Å². The Balaban J connectivity index is 1.72. The normalized spacial score (nSPS) is 11.6. The van der Waals surface area contributed by atoms with E-state index in [0.29, 0.717) is 39.7 Å². The molecular formula is C22H17BrClN3O2. The lowest BCUT2D eigenvalue weighted by molar-refractivity contribution is 0.573. The van der Waals surface area contributed by atoms with Crippen LogP contribution < -0.4 is 5.56 Å². The first-order chi connectivity index (χ1) is 14.0. The van der Waals surface area contributed by atoms with Crippen LogP contribution in [0.3, 0.4) is 0 Å². The molecule has 4 rings (SSSR count). The molecule has 2 aromatic heterocycles. The van der Waals surface area contributed by atoms with Gasteiger partial charge in [0.1, 0.15) is 17.3 Å². The van der Waals surface area contributed by atoms with Crippen LogP contribution in [0.1, 0.15) is 24.9 Å². The van der Waals surface area contributed by atoms with Gasteiger partial charge in [-0.15, -0.1) is 0 Å². The smallest absolute Gasteiger partial charge is 0.282 e. The number of hydrogen-bond donors (Lipinski definition) is 0. The SMILES string of the molecule is CCCc1nc2ccc(Br)cc2c(=O)n1N=Cc1ccc(-c2ccc(Cl)cc2)o1. The van der Waals surface area contributed by atoms with Crippen LogP contribution in [0.25, 0.3) is 22.2 Å². The summed E-state index contributed by atoms with van der Waals surface area (Å²) in [5, 5.41) is 5.56.